The third-order valence-electron chi connectivity index (χ3n) is 4.26. The minimum atomic E-state index is -1.68. The Hall–Kier alpha value is -3.49. The van der Waals surface area contributed by atoms with Crippen molar-refractivity contribution in [3.8, 4) is 11.5 Å². The van der Waals surface area contributed by atoms with Crippen LogP contribution in [-0.2, 0) is 9.59 Å². The fourth-order valence-corrected chi connectivity index (χ4v) is 2.81. The second-order valence-electron chi connectivity index (χ2n) is 6.48. The molecular weight excluding hydrogens is 401 g/mol. The molecule has 1 aliphatic rings. The van der Waals surface area contributed by atoms with Gasteiger partial charge in [0.1, 0.15) is 6.54 Å². The van der Waals surface area contributed by atoms with E-state index >= 15 is 0 Å². The van der Waals surface area contributed by atoms with Crippen LogP contribution in [0.1, 0.15) is 18.9 Å². The zero-order valence-electron chi connectivity index (χ0n) is 16.1. The Morgan fingerprint density at radius 3 is 2.63 bits per heavy atom. The summed E-state index contributed by atoms with van der Waals surface area (Å²) in [7, 11) is 0. The van der Waals surface area contributed by atoms with E-state index < -0.39 is 35.0 Å². The first kappa shape index (κ1) is 21.2. The molecule has 0 radical (unpaired) electrons. The van der Waals surface area contributed by atoms with Crippen LogP contribution < -0.4 is 14.8 Å². The van der Waals surface area contributed by atoms with Crippen molar-refractivity contribution in [1.29, 1.82) is 0 Å². The van der Waals surface area contributed by atoms with Gasteiger partial charge in [0.2, 0.25) is 18.6 Å². The molecule has 158 valence electrons. The maximum Gasteiger partial charge on any atom is 0.247 e. The largest absolute Gasteiger partial charge is 0.454 e. The van der Waals surface area contributed by atoms with Gasteiger partial charge in [-0.25, -0.2) is 13.2 Å². The molecule has 30 heavy (non-hydrogen) atoms. The number of carbonyl (C=O) groups excluding carboxylic acids is 2. The molecule has 0 aliphatic carbocycles. The Kier molecular flexibility index (Phi) is 6.61. The Morgan fingerprint density at radius 1 is 1.10 bits per heavy atom. The van der Waals surface area contributed by atoms with Crippen LogP contribution in [0.3, 0.4) is 0 Å². The zero-order valence-corrected chi connectivity index (χ0v) is 16.1. The van der Waals surface area contributed by atoms with E-state index in [9.17, 15) is 22.8 Å². The number of fused-ring (bicyclic) bond motifs is 1. The van der Waals surface area contributed by atoms with Gasteiger partial charge in [0.15, 0.2) is 29.0 Å². The summed E-state index contributed by atoms with van der Waals surface area (Å²) in [6.45, 7) is 1.86. The minimum Gasteiger partial charge on any atom is -0.454 e. The summed E-state index contributed by atoms with van der Waals surface area (Å²) in [4.78, 5) is 26.0. The van der Waals surface area contributed by atoms with Gasteiger partial charge in [-0.05, 0) is 42.3 Å². The summed E-state index contributed by atoms with van der Waals surface area (Å²) in [6, 6.07) is 6.81. The predicted molar refractivity (Wildman–Crippen MR) is 103 cm³/mol. The quantitative estimate of drug-likeness (QED) is 0.548. The maximum atomic E-state index is 13.7. The highest BCUT2D eigenvalue weighted by Crippen LogP contribution is 2.32. The summed E-state index contributed by atoms with van der Waals surface area (Å²) in [6.07, 6.45) is 3.45. The van der Waals surface area contributed by atoms with Gasteiger partial charge in [-0.2, -0.15) is 0 Å². The highest BCUT2D eigenvalue weighted by molar-refractivity contribution is 5.98. The molecule has 9 heteroatoms. The first-order valence-electron chi connectivity index (χ1n) is 9.19. The van der Waals surface area contributed by atoms with Crippen LogP contribution in [0.4, 0.5) is 18.9 Å². The molecule has 1 N–H and O–H groups in total. The van der Waals surface area contributed by atoms with Gasteiger partial charge < -0.3 is 19.7 Å². The van der Waals surface area contributed by atoms with E-state index in [0.29, 0.717) is 29.5 Å². The number of hydrogen-bond acceptors (Lipinski definition) is 4. The van der Waals surface area contributed by atoms with E-state index in [2.05, 4.69) is 5.32 Å². The SMILES string of the molecule is CCCN(CC(=O)Nc1ccc(F)c(F)c1F)C(=O)/C=C/c1ccc2c(c1)OCO2. The summed E-state index contributed by atoms with van der Waals surface area (Å²) in [5, 5.41) is 2.16. The second kappa shape index (κ2) is 9.34. The van der Waals surface area contributed by atoms with E-state index in [1.165, 1.54) is 11.0 Å². The molecule has 3 rings (SSSR count). The van der Waals surface area contributed by atoms with Gasteiger partial charge in [-0.3, -0.25) is 9.59 Å². The Bertz CT molecular complexity index is 994. The average Bonchev–Trinajstić information content (AvgIpc) is 3.20. The van der Waals surface area contributed by atoms with E-state index in [1.807, 2.05) is 6.92 Å². The number of carbonyl (C=O) groups is 2. The van der Waals surface area contributed by atoms with Gasteiger partial charge >= 0.3 is 0 Å². The molecule has 2 aromatic rings. The van der Waals surface area contributed by atoms with Crippen molar-refractivity contribution >= 4 is 23.6 Å². The van der Waals surface area contributed by atoms with Crippen LogP contribution >= 0.6 is 0 Å². The molecule has 0 fully saturated rings. The minimum absolute atomic E-state index is 0.138. The highest BCUT2D eigenvalue weighted by Gasteiger charge is 2.19. The molecule has 0 saturated heterocycles. The number of benzene rings is 2. The van der Waals surface area contributed by atoms with Crippen molar-refractivity contribution in [2.45, 2.75) is 13.3 Å². The molecule has 1 heterocycles. The zero-order chi connectivity index (χ0) is 21.7. The van der Waals surface area contributed by atoms with E-state index in [0.717, 1.165) is 6.07 Å². The van der Waals surface area contributed by atoms with Crippen LogP contribution in [0, 0.1) is 17.5 Å². The monoisotopic (exact) mass is 420 g/mol. The van der Waals surface area contributed by atoms with Crippen molar-refractivity contribution in [2.75, 3.05) is 25.2 Å². The lowest BCUT2D eigenvalue weighted by atomic mass is 10.2. The van der Waals surface area contributed by atoms with Crippen LogP contribution in [0.5, 0.6) is 11.5 Å². The van der Waals surface area contributed by atoms with Crippen LogP contribution in [0.15, 0.2) is 36.4 Å². The molecule has 0 aromatic heterocycles. The van der Waals surface area contributed by atoms with Crippen molar-refractivity contribution in [2.24, 2.45) is 0 Å². The summed E-state index contributed by atoms with van der Waals surface area (Å²) in [5.74, 6) is -4.52. The summed E-state index contributed by atoms with van der Waals surface area (Å²) in [5.41, 5.74) is 0.205. The first-order valence-corrected chi connectivity index (χ1v) is 9.19. The van der Waals surface area contributed by atoms with E-state index in [1.54, 1.807) is 24.3 Å². The first-order chi connectivity index (χ1) is 14.4. The van der Waals surface area contributed by atoms with Crippen LogP contribution in [0.25, 0.3) is 6.08 Å². The Morgan fingerprint density at radius 2 is 1.87 bits per heavy atom. The van der Waals surface area contributed by atoms with Gasteiger partial charge in [0.05, 0.1) is 5.69 Å². The van der Waals surface area contributed by atoms with Crippen molar-refractivity contribution < 1.29 is 32.2 Å². The second-order valence-corrected chi connectivity index (χ2v) is 6.48. The topological polar surface area (TPSA) is 67.9 Å². The summed E-state index contributed by atoms with van der Waals surface area (Å²) < 4.78 is 50.6. The number of nitrogens with one attached hydrogen (secondary N) is 1. The van der Waals surface area contributed by atoms with Crippen molar-refractivity contribution in [1.82, 2.24) is 4.90 Å². The predicted octanol–water partition coefficient (Wildman–Crippen LogP) is 3.72. The van der Waals surface area contributed by atoms with Crippen LogP contribution in [0.2, 0.25) is 0 Å². The number of anilines is 1. The van der Waals surface area contributed by atoms with E-state index in [-0.39, 0.29) is 19.9 Å². The third kappa shape index (κ3) is 4.91. The van der Waals surface area contributed by atoms with Crippen LogP contribution in [-0.4, -0.2) is 36.6 Å². The van der Waals surface area contributed by atoms with Crippen molar-refractivity contribution in [3.05, 3.63) is 59.4 Å². The molecule has 0 spiro atoms. The molecule has 2 amide bonds. The standard InChI is InChI=1S/C21H19F3N2O4/c1-2-9-26(11-18(27)25-15-6-5-14(22)20(23)21(15)24)19(28)8-4-13-3-7-16-17(10-13)30-12-29-16/h3-8,10H,2,9,11-12H2,1H3,(H,25,27)/b8-4+. The molecule has 1 aliphatic heterocycles. The molecule has 2 aromatic carbocycles. The molecule has 0 bridgehead atoms. The smallest absolute Gasteiger partial charge is 0.247 e. The van der Waals surface area contributed by atoms with E-state index in [4.69, 9.17) is 9.47 Å². The lowest BCUT2D eigenvalue weighted by molar-refractivity contribution is -0.130. The number of ether oxygens (including phenoxy) is 2. The molecule has 6 nitrogen and oxygen atoms in total. The highest BCUT2D eigenvalue weighted by atomic mass is 19.2. The van der Waals surface area contributed by atoms with Gasteiger partial charge in [-0.15, -0.1) is 0 Å². The molecule has 0 atom stereocenters. The Balaban J connectivity index is 1.65. The van der Waals surface area contributed by atoms with Gasteiger partial charge in [-0.1, -0.05) is 13.0 Å². The Labute approximate surface area is 170 Å². The lowest BCUT2D eigenvalue weighted by Crippen LogP contribution is -2.37. The fraction of sp³-hybridized carbons (Fsp3) is 0.238. The lowest BCUT2D eigenvalue weighted by Gasteiger charge is -2.20. The number of hydrogen-bond donors (Lipinski definition) is 1. The average molecular weight is 420 g/mol. The summed E-state index contributed by atoms with van der Waals surface area (Å²) >= 11 is 0. The number of nitrogens with zero attached hydrogens (tertiary/aromatic N) is 1. The fourth-order valence-electron chi connectivity index (χ4n) is 2.81. The van der Waals surface area contributed by atoms with Crippen molar-refractivity contribution in [3.63, 3.8) is 0 Å². The van der Waals surface area contributed by atoms with Gasteiger partial charge in [0.25, 0.3) is 0 Å². The molecular formula is C21H19F3N2O4. The van der Waals surface area contributed by atoms with Gasteiger partial charge in [0, 0.05) is 12.6 Å². The normalized spacial score (nSPS) is 12.3. The molecule has 0 unspecified atom stereocenters. The number of amides is 2. The maximum absolute atomic E-state index is 13.7. The third-order valence-corrected chi connectivity index (χ3v) is 4.26. The molecule has 0 saturated carbocycles. The number of rotatable bonds is 7. The number of halogens is 3.